The van der Waals surface area contributed by atoms with Gasteiger partial charge in [0.15, 0.2) is 0 Å². The summed E-state index contributed by atoms with van der Waals surface area (Å²) in [5.74, 6) is -1.71. The average Bonchev–Trinajstić information content (AvgIpc) is 3.02. The third-order valence-electron chi connectivity index (χ3n) is 4.50. The summed E-state index contributed by atoms with van der Waals surface area (Å²) in [6, 6.07) is 11.0. The summed E-state index contributed by atoms with van der Waals surface area (Å²) in [5, 5.41) is 2.73. The highest BCUT2D eigenvalue weighted by Gasteiger charge is 2.34. The minimum absolute atomic E-state index is 0.0600. The minimum Gasteiger partial charge on any atom is -0.406 e. The second kappa shape index (κ2) is 8.50. The lowest BCUT2D eigenvalue weighted by Crippen LogP contribution is -2.32. The molecule has 0 radical (unpaired) electrons. The summed E-state index contributed by atoms with van der Waals surface area (Å²) in [6.45, 7) is 0.631. The summed E-state index contributed by atoms with van der Waals surface area (Å²) < 4.78 is 53.3. The number of amides is 2. The second-order valence-electron chi connectivity index (χ2n) is 6.71. The number of alkyl halides is 3. The van der Waals surface area contributed by atoms with Crippen LogP contribution in [0.25, 0.3) is 0 Å². The number of ether oxygens (including phenoxy) is 1. The van der Waals surface area contributed by atoms with Gasteiger partial charge in [0.25, 0.3) is 0 Å². The molecule has 1 atom stereocenters. The van der Waals surface area contributed by atoms with Gasteiger partial charge >= 0.3 is 6.36 Å². The molecule has 2 amide bonds. The number of hydrogen-bond acceptors (Lipinski definition) is 3. The third-order valence-corrected chi connectivity index (χ3v) is 4.50. The fourth-order valence-electron chi connectivity index (χ4n) is 3.05. The monoisotopic (exact) mass is 410 g/mol. The van der Waals surface area contributed by atoms with E-state index in [1.807, 2.05) is 0 Å². The van der Waals surface area contributed by atoms with Gasteiger partial charge in [0, 0.05) is 26.1 Å². The second-order valence-corrected chi connectivity index (χ2v) is 6.71. The maximum Gasteiger partial charge on any atom is 0.573 e. The maximum absolute atomic E-state index is 12.9. The Balaban J connectivity index is 1.51. The highest BCUT2D eigenvalue weighted by atomic mass is 19.4. The predicted molar refractivity (Wildman–Crippen MR) is 94.9 cm³/mol. The minimum atomic E-state index is -4.76. The molecular weight excluding hydrogens is 392 g/mol. The Hall–Kier alpha value is -3.10. The van der Waals surface area contributed by atoms with Crippen molar-refractivity contribution in [3.63, 3.8) is 0 Å². The van der Waals surface area contributed by atoms with Crippen LogP contribution in [0, 0.1) is 11.7 Å². The predicted octanol–water partition coefficient (Wildman–Crippen LogP) is 3.39. The van der Waals surface area contributed by atoms with Crippen LogP contribution >= 0.6 is 0 Å². The van der Waals surface area contributed by atoms with Crippen molar-refractivity contribution < 1.29 is 31.9 Å². The first kappa shape index (κ1) is 20.6. The molecule has 0 bridgehead atoms. The number of nitrogens with zero attached hydrogens (tertiary/aromatic N) is 1. The lowest BCUT2D eigenvalue weighted by atomic mass is 10.1. The third kappa shape index (κ3) is 5.94. The Kier molecular flexibility index (Phi) is 6.05. The first-order chi connectivity index (χ1) is 13.7. The summed E-state index contributed by atoms with van der Waals surface area (Å²) in [6.07, 6.45) is -4.70. The SMILES string of the molecule is O=C(NCc1ccc(F)cc1)[C@H]1CC(=O)N(Cc2ccc(OC(F)(F)F)cc2)C1. The van der Waals surface area contributed by atoms with E-state index in [0.29, 0.717) is 5.56 Å². The van der Waals surface area contributed by atoms with Crippen LogP contribution in [0.2, 0.25) is 0 Å². The molecule has 0 aromatic heterocycles. The van der Waals surface area contributed by atoms with Crippen molar-refractivity contribution in [1.29, 1.82) is 0 Å². The molecule has 1 heterocycles. The van der Waals surface area contributed by atoms with Gasteiger partial charge in [-0.25, -0.2) is 4.39 Å². The van der Waals surface area contributed by atoms with Crippen LogP contribution in [-0.2, 0) is 22.7 Å². The lowest BCUT2D eigenvalue weighted by molar-refractivity contribution is -0.274. The van der Waals surface area contributed by atoms with E-state index >= 15 is 0 Å². The van der Waals surface area contributed by atoms with Gasteiger partial charge < -0.3 is 15.0 Å². The van der Waals surface area contributed by atoms with Gasteiger partial charge in [-0.05, 0) is 35.4 Å². The van der Waals surface area contributed by atoms with Crippen LogP contribution < -0.4 is 10.1 Å². The topological polar surface area (TPSA) is 58.6 Å². The zero-order chi connectivity index (χ0) is 21.0. The van der Waals surface area contributed by atoms with E-state index in [2.05, 4.69) is 10.1 Å². The summed E-state index contributed by atoms with van der Waals surface area (Å²) >= 11 is 0. The van der Waals surface area contributed by atoms with Crippen molar-refractivity contribution >= 4 is 11.8 Å². The van der Waals surface area contributed by atoms with Crippen LogP contribution in [0.1, 0.15) is 17.5 Å². The van der Waals surface area contributed by atoms with E-state index in [4.69, 9.17) is 0 Å². The molecule has 1 aliphatic heterocycles. The Bertz CT molecular complexity index is 867. The number of nitrogens with one attached hydrogen (secondary N) is 1. The Morgan fingerprint density at radius 2 is 1.69 bits per heavy atom. The molecule has 5 nitrogen and oxygen atoms in total. The van der Waals surface area contributed by atoms with E-state index in [1.54, 1.807) is 12.1 Å². The van der Waals surface area contributed by atoms with Crippen LogP contribution in [0.4, 0.5) is 17.6 Å². The number of carbonyl (C=O) groups is 2. The molecule has 2 aromatic carbocycles. The molecule has 1 aliphatic rings. The number of halogens is 4. The van der Waals surface area contributed by atoms with Crippen molar-refractivity contribution in [3.8, 4) is 5.75 Å². The lowest BCUT2D eigenvalue weighted by Gasteiger charge is -2.17. The van der Waals surface area contributed by atoms with Crippen LogP contribution in [0.15, 0.2) is 48.5 Å². The van der Waals surface area contributed by atoms with E-state index in [9.17, 15) is 27.2 Å². The molecule has 154 valence electrons. The van der Waals surface area contributed by atoms with Gasteiger partial charge in [-0.3, -0.25) is 9.59 Å². The van der Waals surface area contributed by atoms with E-state index in [0.717, 1.165) is 5.56 Å². The highest BCUT2D eigenvalue weighted by molar-refractivity contribution is 5.89. The molecule has 2 aromatic rings. The first-order valence-electron chi connectivity index (χ1n) is 8.84. The Morgan fingerprint density at radius 1 is 1.07 bits per heavy atom. The van der Waals surface area contributed by atoms with Crippen molar-refractivity contribution in [1.82, 2.24) is 10.2 Å². The smallest absolute Gasteiger partial charge is 0.406 e. The van der Waals surface area contributed by atoms with Gasteiger partial charge in [-0.1, -0.05) is 24.3 Å². The zero-order valence-corrected chi connectivity index (χ0v) is 15.2. The number of likely N-dealkylation sites (tertiary alicyclic amines) is 1. The molecule has 1 saturated heterocycles. The standard InChI is InChI=1S/C20H18F4N2O3/c21-16-5-1-13(2-6-16)10-25-19(28)15-9-18(27)26(12-15)11-14-3-7-17(8-4-14)29-20(22,23)24/h1-8,15H,9-12H2,(H,25,28)/t15-/m0/s1. The van der Waals surface area contributed by atoms with Crippen molar-refractivity contribution in [3.05, 3.63) is 65.5 Å². The molecule has 9 heteroatoms. The number of benzene rings is 2. The van der Waals surface area contributed by atoms with Crippen molar-refractivity contribution in [2.24, 2.45) is 5.92 Å². The number of carbonyl (C=O) groups excluding carboxylic acids is 2. The highest BCUT2D eigenvalue weighted by Crippen LogP contribution is 2.25. The molecule has 29 heavy (non-hydrogen) atoms. The molecule has 1 fully saturated rings. The quantitative estimate of drug-likeness (QED) is 0.743. The summed E-state index contributed by atoms with van der Waals surface area (Å²) in [4.78, 5) is 26.0. The fraction of sp³-hybridized carbons (Fsp3) is 0.300. The molecule has 0 spiro atoms. The van der Waals surface area contributed by atoms with Crippen LogP contribution in [0.3, 0.4) is 0 Å². The van der Waals surface area contributed by atoms with Gasteiger partial charge in [0.05, 0.1) is 5.92 Å². The molecule has 1 N–H and O–H groups in total. The molecule has 0 aliphatic carbocycles. The summed E-state index contributed by atoms with van der Waals surface area (Å²) in [7, 11) is 0. The summed E-state index contributed by atoms with van der Waals surface area (Å²) in [5.41, 5.74) is 1.36. The normalized spacial score (nSPS) is 16.8. The maximum atomic E-state index is 12.9. The molecular formula is C20H18F4N2O3. The fourth-order valence-corrected chi connectivity index (χ4v) is 3.05. The molecule has 0 saturated carbocycles. The Morgan fingerprint density at radius 3 is 2.31 bits per heavy atom. The molecule has 0 unspecified atom stereocenters. The van der Waals surface area contributed by atoms with Crippen LogP contribution in [-0.4, -0.2) is 29.6 Å². The molecule has 3 rings (SSSR count). The van der Waals surface area contributed by atoms with Crippen molar-refractivity contribution in [2.45, 2.75) is 25.9 Å². The number of hydrogen-bond donors (Lipinski definition) is 1. The van der Waals surface area contributed by atoms with Gasteiger partial charge in [0.1, 0.15) is 11.6 Å². The van der Waals surface area contributed by atoms with Gasteiger partial charge in [-0.15, -0.1) is 13.2 Å². The van der Waals surface area contributed by atoms with E-state index < -0.39 is 12.3 Å². The number of rotatable bonds is 6. The van der Waals surface area contributed by atoms with Crippen molar-refractivity contribution in [2.75, 3.05) is 6.54 Å². The van der Waals surface area contributed by atoms with E-state index in [1.165, 1.54) is 41.3 Å². The average molecular weight is 410 g/mol. The first-order valence-corrected chi connectivity index (χ1v) is 8.84. The zero-order valence-electron chi connectivity index (χ0n) is 15.2. The Labute approximate surface area is 164 Å². The van der Waals surface area contributed by atoms with Gasteiger partial charge in [0.2, 0.25) is 11.8 Å². The van der Waals surface area contributed by atoms with Crippen LogP contribution in [0.5, 0.6) is 5.75 Å². The largest absolute Gasteiger partial charge is 0.573 e. The van der Waals surface area contributed by atoms with Gasteiger partial charge in [-0.2, -0.15) is 0 Å². The van der Waals surface area contributed by atoms with E-state index in [-0.39, 0.29) is 49.4 Å².